The summed E-state index contributed by atoms with van der Waals surface area (Å²) in [6, 6.07) is 20.9. The first kappa shape index (κ1) is 20.1. The number of nitrogens with one attached hydrogen (secondary N) is 2. The molecule has 5 nitrogen and oxygen atoms in total. The highest BCUT2D eigenvalue weighted by Gasteiger charge is 2.35. The zero-order valence-corrected chi connectivity index (χ0v) is 16.7. The van der Waals surface area contributed by atoms with Crippen LogP contribution in [0.5, 0.6) is 5.75 Å². The maximum absolute atomic E-state index is 13.1. The second-order valence-electron chi connectivity index (χ2n) is 7.63. The molecule has 32 heavy (non-hydrogen) atoms. The molecule has 0 spiro atoms. The first-order chi connectivity index (χ1) is 15.4. The Morgan fingerprint density at radius 3 is 2.53 bits per heavy atom. The third-order valence-corrected chi connectivity index (χ3v) is 5.47. The monoisotopic (exact) mass is 437 g/mol. The molecule has 0 saturated heterocycles. The summed E-state index contributed by atoms with van der Waals surface area (Å²) in [5.74, 6) is -0.666. The van der Waals surface area contributed by atoms with Crippen LogP contribution in [0.2, 0.25) is 0 Å². The topological polar surface area (TPSA) is 67.0 Å². The van der Waals surface area contributed by atoms with Gasteiger partial charge in [0.2, 0.25) is 5.82 Å². The van der Waals surface area contributed by atoms with E-state index in [-0.39, 0.29) is 16.9 Å². The van der Waals surface area contributed by atoms with Crippen molar-refractivity contribution < 1.29 is 22.7 Å². The van der Waals surface area contributed by atoms with Crippen molar-refractivity contribution in [3.8, 4) is 5.75 Å². The van der Waals surface area contributed by atoms with Crippen molar-refractivity contribution in [3.05, 3.63) is 95.3 Å². The summed E-state index contributed by atoms with van der Waals surface area (Å²) in [5, 5.41) is 3.01. The molecular formula is C24H18F3N3O2. The van der Waals surface area contributed by atoms with E-state index < -0.39 is 24.1 Å². The predicted molar refractivity (Wildman–Crippen MR) is 112 cm³/mol. The van der Waals surface area contributed by atoms with Crippen LogP contribution in [-0.2, 0) is 17.4 Å². The Hall–Kier alpha value is -3.81. The number of benzene rings is 3. The number of hydrogen-bond acceptors (Lipinski definition) is 3. The lowest BCUT2D eigenvalue weighted by Gasteiger charge is -2.22. The summed E-state index contributed by atoms with van der Waals surface area (Å²) in [4.78, 5) is 19.0. The van der Waals surface area contributed by atoms with E-state index in [1.807, 2.05) is 54.6 Å². The Morgan fingerprint density at radius 2 is 1.78 bits per heavy atom. The lowest BCUT2D eigenvalue weighted by atomic mass is 9.97. The van der Waals surface area contributed by atoms with Gasteiger partial charge in [0.05, 0.1) is 17.1 Å². The second-order valence-corrected chi connectivity index (χ2v) is 7.63. The lowest BCUT2D eigenvalue weighted by Crippen LogP contribution is -2.40. The van der Waals surface area contributed by atoms with E-state index in [1.165, 1.54) is 6.07 Å². The maximum atomic E-state index is 13.1. The molecule has 2 heterocycles. The molecule has 162 valence electrons. The molecule has 1 amide bonds. The Morgan fingerprint density at radius 1 is 1.03 bits per heavy atom. The minimum Gasteiger partial charge on any atom is -0.480 e. The third-order valence-electron chi connectivity index (χ3n) is 5.47. The van der Waals surface area contributed by atoms with Gasteiger partial charge in [0, 0.05) is 6.42 Å². The van der Waals surface area contributed by atoms with Gasteiger partial charge < -0.3 is 15.0 Å². The molecule has 0 aliphatic carbocycles. The number of carbonyl (C=O) groups is 1. The molecule has 0 radical (unpaired) electrons. The Labute approximate surface area is 181 Å². The van der Waals surface area contributed by atoms with Crippen molar-refractivity contribution in [1.29, 1.82) is 0 Å². The minimum atomic E-state index is -4.57. The van der Waals surface area contributed by atoms with Gasteiger partial charge in [-0.3, -0.25) is 4.79 Å². The number of amides is 1. The zero-order valence-electron chi connectivity index (χ0n) is 16.7. The van der Waals surface area contributed by atoms with Crippen molar-refractivity contribution in [2.24, 2.45) is 0 Å². The SMILES string of the molecule is O=C(NC(c1ccccc1)c1ccc2nc(C(F)(F)F)[nH]c2c1)C1Cc2ccccc2O1. The standard InChI is InChI=1S/C24H18F3N3O2/c25-24(26,27)23-28-17-11-10-16(12-18(17)29-23)21(14-6-2-1-3-7-14)30-22(31)20-13-15-8-4-5-9-19(15)32-20/h1-12,20-21H,13H2,(H,28,29)(H,30,31). The summed E-state index contributed by atoms with van der Waals surface area (Å²) in [6.45, 7) is 0. The highest BCUT2D eigenvalue weighted by molar-refractivity contribution is 5.84. The number of ether oxygens (including phenoxy) is 1. The molecule has 0 bridgehead atoms. The molecule has 0 saturated carbocycles. The van der Waals surface area contributed by atoms with Crippen molar-refractivity contribution in [2.75, 3.05) is 0 Å². The average molecular weight is 437 g/mol. The number of aromatic amines is 1. The summed E-state index contributed by atoms with van der Waals surface area (Å²) in [5.41, 5.74) is 2.84. The molecule has 2 N–H and O–H groups in total. The first-order valence-electron chi connectivity index (χ1n) is 10.1. The minimum absolute atomic E-state index is 0.203. The molecule has 2 unspecified atom stereocenters. The van der Waals surface area contributed by atoms with Crippen molar-refractivity contribution >= 4 is 16.9 Å². The van der Waals surface area contributed by atoms with Gasteiger partial charge in [-0.05, 0) is 34.9 Å². The number of rotatable bonds is 4. The molecular weight excluding hydrogens is 419 g/mol. The van der Waals surface area contributed by atoms with Gasteiger partial charge in [-0.15, -0.1) is 0 Å². The molecule has 8 heteroatoms. The Balaban J connectivity index is 1.46. The predicted octanol–water partition coefficient (Wildman–Crippen LogP) is 4.79. The van der Waals surface area contributed by atoms with Crippen LogP contribution in [0.1, 0.15) is 28.6 Å². The zero-order chi connectivity index (χ0) is 22.3. The number of H-pyrrole nitrogens is 1. The van der Waals surface area contributed by atoms with Crippen LogP contribution in [0.3, 0.4) is 0 Å². The molecule has 5 rings (SSSR count). The summed E-state index contributed by atoms with van der Waals surface area (Å²) < 4.78 is 44.9. The molecule has 4 aromatic rings. The smallest absolute Gasteiger partial charge is 0.449 e. The van der Waals surface area contributed by atoms with Gasteiger partial charge in [-0.2, -0.15) is 13.2 Å². The number of hydrogen-bond donors (Lipinski definition) is 2. The second kappa shape index (κ2) is 7.71. The third kappa shape index (κ3) is 3.79. The van der Waals surface area contributed by atoms with Crippen LogP contribution in [0.4, 0.5) is 13.2 Å². The molecule has 0 fully saturated rings. The number of halogens is 3. The van der Waals surface area contributed by atoms with E-state index in [0.717, 1.165) is 11.1 Å². The lowest BCUT2D eigenvalue weighted by molar-refractivity contribution is -0.144. The highest BCUT2D eigenvalue weighted by Crippen LogP contribution is 2.32. The fraction of sp³-hybridized carbons (Fsp3) is 0.167. The van der Waals surface area contributed by atoms with E-state index >= 15 is 0 Å². The van der Waals surface area contributed by atoms with Crippen molar-refractivity contribution in [1.82, 2.24) is 15.3 Å². The number of fused-ring (bicyclic) bond motifs is 2. The van der Waals surface area contributed by atoms with Gasteiger partial charge in [0.15, 0.2) is 6.10 Å². The van der Waals surface area contributed by atoms with Crippen molar-refractivity contribution in [2.45, 2.75) is 24.7 Å². The van der Waals surface area contributed by atoms with Crippen LogP contribution >= 0.6 is 0 Å². The van der Waals surface area contributed by atoms with Crippen LogP contribution in [0, 0.1) is 0 Å². The van der Waals surface area contributed by atoms with Gasteiger partial charge >= 0.3 is 6.18 Å². The molecule has 1 aromatic heterocycles. The van der Waals surface area contributed by atoms with Crippen LogP contribution in [-0.4, -0.2) is 22.0 Å². The maximum Gasteiger partial charge on any atom is 0.449 e. The van der Waals surface area contributed by atoms with Gasteiger partial charge in [0.1, 0.15) is 5.75 Å². The summed E-state index contributed by atoms with van der Waals surface area (Å²) in [6.07, 6.45) is -4.79. The van der Waals surface area contributed by atoms with E-state index in [1.54, 1.807) is 12.1 Å². The highest BCUT2D eigenvalue weighted by atomic mass is 19.4. The molecule has 1 aliphatic rings. The fourth-order valence-corrected chi connectivity index (χ4v) is 3.91. The van der Waals surface area contributed by atoms with Gasteiger partial charge in [-0.1, -0.05) is 54.6 Å². The fourth-order valence-electron chi connectivity index (χ4n) is 3.91. The van der Waals surface area contributed by atoms with E-state index in [9.17, 15) is 18.0 Å². The van der Waals surface area contributed by atoms with Crippen molar-refractivity contribution in [3.63, 3.8) is 0 Å². The number of alkyl halides is 3. The molecule has 3 aromatic carbocycles. The number of para-hydroxylation sites is 1. The van der Waals surface area contributed by atoms with Crippen LogP contribution in [0.15, 0.2) is 72.8 Å². The molecule has 1 aliphatic heterocycles. The number of nitrogens with zero attached hydrogens (tertiary/aromatic N) is 1. The van der Waals surface area contributed by atoms with Gasteiger partial charge in [0.25, 0.3) is 5.91 Å². The summed E-state index contributed by atoms with van der Waals surface area (Å²) >= 11 is 0. The van der Waals surface area contributed by atoms with E-state index in [0.29, 0.717) is 17.7 Å². The Kier molecular flexibility index (Phi) is 4.84. The van der Waals surface area contributed by atoms with Gasteiger partial charge in [-0.25, -0.2) is 4.98 Å². The average Bonchev–Trinajstić information content (AvgIpc) is 3.41. The summed E-state index contributed by atoms with van der Waals surface area (Å²) in [7, 11) is 0. The number of imidazole rings is 1. The van der Waals surface area contributed by atoms with E-state index in [2.05, 4.69) is 15.3 Å². The van der Waals surface area contributed by atoms with Crippen LogP contribution < -0.4 is 10.1 Å². The van der Waals surface area contributed by atoms with E-state index in [4.69, 9.17) is 4.74 Å². The number of carbonyl (C=O) groups excluding carboxylic acids is 1. The first-order valence-corrected chi connectivity index (χ1v) is 10.1. The Bertz CT molecular complexity index is 1260. The normalized spacial score (nSPS) is 16.4. The van der Waals surface area contributed by atoms with Crippen LogP contribution in [0.25, 0.3) is 11.0 Å². The molecule has 2 atom stereocenters. The quantitative estimate of drug-likeness (QED) is 0.482. The largest absolute Gasteiger partial charge is 0.480 e. The number of aromatic nitrogens is 2.